The molecule has 1 aromatic rings. The van der Waals surface area contributed by atoms with E-state index in [1.54, 1.807) is 7.05 Å². The molecule has 1 amide bonds. The predicted molar refractivity (Wildman–Crippen MR) is 80.3 cm³/mol. The van der Waals surface area contributed by atoms with Crippen molar-refractivity contribution in [3.63, 3.8) is 0 Å². The second-order valence-electron chi connectivity index (χ2n) is 5.01. The van der Waals surface area contributed by atoms with Gasteiger partial charge in [0, 0.05) is 12.8 Å². The third-order valence-electron chi connectivity index (χ3n) is 3.43. The van der Waals surface area contributed by atoms with Crippen LogP contribution in [0.15, 0.2) is 0 Å². The highest BCUT2D eigenvalue weighted by atomic mass is 32.2. The van der Waals surface area contributed by atoms with Crippen LogP contribution in [-0.2, 0) is 11.8 Å². The van der Waals surface area contributed by atoms with Crippen molar-refractivity contribution in [2.45, 2.75) is 31.7 Å². The smallest absolute Gasteiger partial charge is 0.372 e. The van der Waals surface area contributed by atoms with E-state index in [2.05, 4.69) is 25.1 Å². The second-order valence-corrected chi connectivity index (χ2v) is 5.91. The van der Waals surface area contributed by atoms with Gasteiger partial charge in [-0.1, -0.05) is 5.10 Å². The van der Waals surface area contributed by atoms with Gasteiger partial charge in [-0.15, -0.1) is 0 Å². The number of aryl methyl sites for hydroxylation is 1. The van der Waals surface area contributed by atoms with Gasteiger partial charge in [-0.2, -0.15) is 4.68 Å². The summed E-state index contributed by atoms with van der Waals surface area (Å²) in [5.74, 6) is 0.783. The van der Waals surface area contributed by atoms with Crippen LogP contribution in [0.2, 0.25) is 0 Å². The monoisotopic (exact) mass is 328 g/mol. The molecule has 1 N–H and O–H groups in total. The molecule has 0 aliphatic carbocycles. The van der Waals surface area contributed by atoms with Crippen molar-refractivity contribution in [3.05, 3.63) is 0 Å². The van der Waals surface area contributed by atoms with Crippen molar-refractivity contribution >= 4 is 24.3 Å². The lowest BCUT2D eigenvalue weighted by Gasteiger charge is -2.19. The molecule has 0 radical (unpaired) electrons. The Balaban J connectivity index is 1.51. The highest BCUT2D eigenvalue weighted by molar-refractivity contribution is 7.97. The molecule has 122 valence electrons. The topological polar surface area (TPSA) is 102 Å². The largest absolute Gasteiger partial charge is 0.425 e. The lowest BCUT2D eigenvalue weighted by atomic mass is 10.2. The highest BCUT2D eigenvalue weighted by Crippen LogP contribution is 2.16. The van der Waals surface area contributed by atoms with Crippen molar-refractivity contribution < 1.29 is 14.3 Å². The number of nitrogens with one attached hydrogen (secondary N) is 1. The van der Waals surface area contributed by atoms with E-state index < -0.39 is 6.09 Å². The molecular formula is C12H20N6O3S. The van der Waals surface area contributed by atoms with E-state index in [1.807, 2.05) is 0 Å². The number of rotatable bonds is 8. The summed E-state index contributed by atoms with van der Waals surface area (Å²) >= 11 is 1.29. The molecule has 1 fully saturated rings. The Bertz CT molecular complexity index is 497. The number of aromatic nitrogens is 4. The molecule has 1 atom stereocenters. The van der Waals surface area contributed by atoms with Gasteiger partial charge in [0.1, 0.15) is 6.29 Å². The van der Waals surface area contributed by atoms with Crippen LogP contribution in [0.3, 0.4) is 0 Å². The maximum absolute atomic E-state index is 11.5. The number of tetrazole rings is 1. The Morgan fingerprint density at radius 3 is 3.14 bits per heavy atom. The van der Waals surface area contributed by atoms with Crippen molar-refractivity contribution in [3.8, 4) is 6.01 Å². The highest BCUT2D eigenvalue weighted by Gasteiger charge is 2.22. The van der Waals surface area contributed by atoms with Crippen LogP contribution in [0, 0.1) is 0 Å². The molecule has 1 aliphatic rings. The van der Waals surface area contributed by atoms with Crippen LogP contribution in [-0.4, -0.2) is 62.4 Å². The van der Waals surface area contributed by atoms with E-state index in [4.69, 9.17) is 4.74 Å². The number of amides is 1. The van der Waals surface area contributed by atoms with Gasteiger partial charge in [0.2, 0.25) is 0 Å². The van der Waals surface area contributed by atoms with Gasteiger partial charge in [-0.05, 0) is 61.1 Å². The van der Waals surface area contributed by atoms with E-state index >= 15 is 0 Å². The van der Waals surface area contributed by atoms with E-state index in [1.165, 1.54) is 16.6 Å². The summed E-state index contributed by atoms with van der Waals surface area (Å²) in [7, 11) is 1.58. The van der Waals surface area contributed by atoms with Crippen molar-refractivity contribution in [2.75, 3.05) is 18.8 Å². The Hall–Kier alpha value is -1.68. The number of unbranched alkanes of at least 4 members (excludes halogenated alkanes) is 1. The van der Waals surface area contributed by atoms with E-state index in [0.29, 0.717) is 0 Å². The minimum Gasteiger partial charge on any atom is -0.372 e. The zero-order chi connectivity index (χ0) is 15.8. The lowest BCUT2D eigenvalue weighted by Crippen LogP contribution is -2.31. The number of ether oxygens (including phenoxy) is 1. The number of hydrogen-bond donors (Lipinski definition) is 1. The van der Waals surface area contributed by atoms with Crippen molar-refractivity contribution in [2.24, 2.45) is 7.05 Å². The minimum absolute atomic E-state index is 0.0482. The third kappa shape index (κ3) is 4.95. The molecule has 0 saturated carbocycles. The summed E-state index contributed by atoms with van der Waals surface area (Å²) < 4.78 is 8.75. The molecule has 2 heterocycles. The molecule has 10 heteroatoms. The molecular weight excluding hydrogens is 308 g/mol. The molecule has 1 aromatic heterocycles. The summed E-state index contributed by atoms with van der Waals surface area (Å²) in [4.78, 5) is 24.6. The Labute approximate surface area is 132 Å². The summed E-state index contributed by atoms with van der Waals surface area (Å²) in [6.07, 6.45) is 4.48. The fraction of sp³-hybridized carbons (Fsp3) is 0.750. The van der Waals surface area contributed by atoms with Gasteiger partial charge < -0.3 is 9.53 Å². The zero-order valence-electron chi connectivity index (χ0n) is 12.5. The van der Waals surface area contributed by atoms with Crippen molar-refractivity contribution in [1.29, 1.82) is 0 Å². The maximum Gasteiger partial charge on any atom is 0.425 e. The van der Waals surface area contributed by atoms with Gasteiger partial charge in [0.05, 0.1) is 6.04 Å². The Morgan fingerprint density at radius 1 is 1.55 bits per heavy atom. The van der Waals surface area contributed by atoms with Crippen LogP contribution in [0.4, 0.5) is 4.79 Å². The van der Waals surface area contributed by atoms with E-state index in [-0.39, 0.29) is 12.1 Å². The third-order valence-corrected chi connectivity index (χ3v) is 4.24. The molecule has 1 aliphatic heterocycles. The van der Waals surface area contributed by atoms with Crippen LogP contribution in [0.1, 0.15) is 25.7 Å². The molecule has 1 saturated heterocycles. The van der Waals surface area contributed by atoms with Gasteiger partial charge >= 0.3 is 12.1 Å². The number of nitrogens with zero attached hydrogens (tertiary/aromatic N) is 5. The number of carbonyl (C=O) groups is 2. The number of likely N-dealkylation sites (tertiary alicyclic amines) is 1. The first kappa shape index (κ1) is 16.7. The Kier molecular flexibility index (Phi) is 6.59. The number of aldehydes is 1. The lowest BCUT2D eigenvalue weighted by molar-refractivity contribution is -0.111. The number of carbonyl (C=O) groups excluding carboxylic acids is 2. The first-order valence-corrected chi connectivity index (χ1v) is 8.20. The van der Waals surface area contributed by atoms with Crippen LogP contribution < -0.4 is 9.46 Å². The molecule has 2 rings (SSSR count). The van der Waals surface area contributed by atoms with Crippen LogP contribution in [0.25, 0.3) is 0 Å². The predicted octanol–water partition coefficient (Wildman–Crippen LogP) is 0.390. The molecule has 0 unspecified atom stereocenters. The average molecular weight is 328 g/mol. The first-order chi connectivity index (χ1) is 10.7. The standard InChI is InChI=1S/C12H20N6O3S/c1-17-11(13-15-16-17)21-12(20)14-22-8-3-2-6-18-7-4-5-10(18)9-19/h9-10H,2-8H2,1H3,(H,14,20)/t10-/m1/s1. The van der Waals surface area contributed by atoms with Gasteiger partial charge in [-0.25, -0.2) is 4.79 Å². The quantitative estimate of drug-likeness (QED) is 0.415. The fourth-order valence-electron chi connectivity index (χ4n) is 2.29. The second kappa shape index (κ2) is 8.69. The first-order valence-electron chi connectivity index (χ1n) is 7.22. The summed E-state index contributed by atoms with van der Waals surface area (Å²) in [6, 6.07) is 0.146. The zero-order valence-corrected chi connectivity index (χ0v) is 13.3. The van der Waals surface area contributed by atoms with Gasteiger partial charge in [0.25, 0.3) is 0 Å². The fourth-order valence-corrected chi connectivity index (χ4v) is 2.90. The average Bonchev–Trinajstić information content (AvgIpc) is 3.12. The summed E-state index contributed by atoms with van der Waals surface area (Å²) in [5, 5.41) is 10.5. The summed E-state index contributed by atoms with van der Waals surface area (Å²) in [5.41, 5.74) is 0. The molecule has 22 heavy (non-hydrogen) atoms. The molecule has 0 aromatic carbocycles. The van der Waals surface area contributed by atoms with Crippen LogP contribution in [0.5, 0.6) is 6.01 Å². The van der Waals surface area contributed by atoms with E-state index in [9.17, 15) is 9.59 Å². The normalized spacial score (nSPS) is 18.3. The number of hydrogen-bond acceptors (Lipinski definition) is 8. The molecule has 0 bridgehead atoms. The molecule has 0 spiro atoms. The van der Waals surface area contributed by atoms with Crippen molar-refractivity contribution in [1.82, 2.24) is 29.8 Å². The summed E-state index contributed by atoms with van der Waals surface area (Å²) in [6.45, 7) is 1.94. The van der Waals surface area contributed by atoms with Gasteiger partial charge in [0.15, 0.2) is 0 Å². The van der Waals surface area contributed by atoms with Crippen LogP contribution >= 0.6 is 11.9 Å². The van der Waals surface area contributed by atoms with Gasteiger partial charge in [-0.3, -0.25) is 9.62 Å². The minimum atomic E-state index is -0.594. The molecule has 9 nitrogen and oxygen atoms in total. The van der Waals surface area contributed by atoms with E-state index in [0.717, 1.165) is 50.8 Å². The maximum atomic E-state index is 11.5. The Morgan fingerprint density at radius 2 is 2.41 bits per heavy atom. The SMILES string of the molecule is Cn1nnnc1OC(=O)NSCCCCN1CCC[C@@H]1C=O.